The number of aromatic nitrogens is 4. The molecule has 1 amide bonds. The first-order valence-electron chi connectivity index (χ1n) is 6.65. The molecule has 2 heterocycles. The van der Waals surface area contributed by atoms with Crippen molar-refractivity contribution in [3.63, 3.8) is 0 Å². The minimum atomic E-state index is -0.449. The molecular formula is C13H18ClN5O2. The van der Waals surface area contributed by atoms with Crippen molar-refractivity contribution in [1.29, 1.82) is 0 Å². The van der Waals surface area contributed by atoms with Gasteiger partial charge in [-0.2, -0.15) is 10.1 Å². The number of hydrogen-bond donors (Lipinski definition) is 0. The van der Waals surface area contributed by atoms with E-state index in [1.807, 2.05) is 13.8 Å². The molecule has 0 N–H and O–H groups in total. The van der Waals surface area contributed by atoms with Crippen LogP contribution in [0.25, 0.3) is 0 Å². The second-order valence-corrected chi connectivity index (χ2v) is 5.65. The molecule has 0 aliphatic heterocycles. The Morgan fingerprint density at radius 3 is 2.71 bits per heavy atom. The van der Waals surface area contributed by atoms with Crippen LogP contribution in [0.15, 0.2) is 16.9 Å². The molecular weight excluding hydrogens is 294 g/mol. The summed E-state index contributed by atoms with van der Waals surface area (Å²) in [4.78, 5) is 18.1. The maximum Gasteiger partial charge on any atom is 0.247 e. The number of rotatable bonds is 5. The van der Waals surface area contributed by atoms with Gasteiger partial charge in [-0.05, 0) is 6.92 Å². The van der Waals surface area contributed by atoms with Gasteiger partial charge in [0.25, 0.3) is 0 Å². The van der Waals surface area contributed by atoms with Gasteiger partial charge in [-0.15, -0.1) is 0 Å². The van der Waals surface area contributed by atoms with E-state index in [2.05, 4.69) is 15.2 Å². The fourth-order valence-electron chi connectivity index (χ4n) is 1.81. The van der Waals surface area contributed by atoms with Gasteiger partial charge in [0, 0.05) is 19.2 Å². The van der Waals surface area contributed by atoms with Gasteiger partial charge in [-0.25, -0.2) is 0 Å². The lowest BCUT2D eigenvalue weighted by atomic mass is 10.2. The van der Waals surface area contributed by atoms with Crippen molar-refractivity contribution in [2.75, 3.05) is 7.05 Å². The minimum Gasteiger partial charge on any atom is -0.337 e. The Labute approximate surface area is 127 Å². The molecule has 0 radical (unpaired) electrons. The normalized spacial score (nSPS) is 12.7. The molecule has 0 saturated carbocycles. The number of halogens is 1. The average Bonchev–Trinajstić information content (AvgIpc) is 3.06. The number of carbonyl (C=O) groups excluding carboxylic acids is 1. The van der Waals surface area contributed by atoms with Gasteiger partial charge >= 0.3 is 0 Å². The van der Waals surface area contributed by atoms with Crippen LogP contribution < -0.4 is 0 Å². The number of amides is 1. The molecule has 0 aliphatic rings. The molecule has 0 spiro atoms. The third-order valence-corrected chi connectivity index (χ3v) is 3.27. The van der Waals surface area contributed by atoms with E-state index in [0.29, 0.717) is 16.7 Å². The van der Waals surface area contributed by atoms with Crippen molar-refractivity contribution >= 4 is 17.5 Å². The first-order valence-corrected chi connectivity index (χ1v) is 7.03. The third-order valence-electron chi connectivity index (χ3n) is 3.07. The first kappa shape index (κ1) is 15.5. The predicted octanol–water partition coefficient (Wildman–Crippen LogP) is 2.26. The summed E-state index contributed by atoms with van der Waals surface area (Å²) >= 11 is 5.81. The first-order chi connectivity index (χ1) is 9.88. The van der Waals surface area contributed by atoms with Crippen molar-refractivity contribution in [1.82, 2.24) is 24.8 Å². The molecule has 0 bridgehead atoms. The van der Waals surface area contributed by atoms with E-state index in [4.69, 9.17) is 16.1 Å². The van der Waals surface area contributed by atoms with Gasteiger partial charge in [0.2, 0.25) is 11.8 Å². The van der Waals surface area contributed by atoms with Crippen LogP contribution in [0.2, 0.25) is 5.02 Å². The fourth-order valence-corrected chi connectivity index (χ4v) is 1.95. The standard InChI is InChI=1S/C13H18ClN5O2/c1-8(2)12-16-11(21-17-12)7-18(4)13(20)9(3)19-6-10(14)5-15-19/h5-6,8-9H,7H2,1-4H3/t9-/m1/s1. The summed E-state index contributed by atoms with van der Waals surface area (Å²) in [6.07, 6.45) is 3.11. The highest BCUT2D eigenvalue weighted by Crippen LogP contribution is 2.15. The van der Waals surface area contributed by atoms with E-state index in [-0.39, 0.29) is 18.4 Å². The Bertz CT molecular complexity index is 622. The van der Waals surface area contributed by atoms with E-state index in [0.717, 1.165) is 0 Å². The van der Waals surface area contributed by atoms with Crippen molar-refractivity contribution in [2.45, 2.75) is 39.3 Å². The molecule has 2 aromatic rings. The van der Waals surface area contributed by atoms with E-state index in [1.54, 1.807) is 20.2 Å². The molecule has 0 aromatic carbocycles. The van der Waals surface area contributed by atoms with Crippen LogP contribution in [-0.2, 0) is 11.3 Å². The van der Waals surface area contributed by atoms with Crippen LogP contribution in [-0.4, -0.2) is 37.8 Å². The van der Waals surface area contributed by atoms with E-state index in [1.165, 1.54) is 15.8 Å². The highest BCUT2D eigenvalue weighted by molar-refractivity contribution is 6.30. The molecule has 2 rings (SSSR count). The van der Waals surface area contributed by atoms with Gasteiger partial charge in [0.15, 0.2) is 5.82 Å². The molecule has 7 nitrogen and oxygen atoms in total. The van der Waals surface area contributed by atoms with Gasteiger partial charge in [-0.1, -0.05) is 30.6 Å². The molecule has 0 saturated heterocycles. The van der Waals surface area contributed by atoms with Crippen molar-refractivity contribution in [3.05, 3.63) is 29.1 Å². The summed E-state index contributed by atoms with van der Waals surface area (Å²) < 4.78 is 6.66. The van der Waals surface area contributed by atoms with Gasteiger partial charge in [0.1, 0.15) is 6.04 Å². The molecule has 114 valence electrons. The summed E-state index contributed by atoms with van der Waals surface area (Å²) in [5.74, 6) is 1.13. The number of nitrogens with zero attached hydrogens (tertiary/aromatic N) is 5. The van der Waals surface area contributed by atoms with Crippen molar-refractivity contribution < 1.29 is 9.32 Å². The monoisotopic (exact) mass is 311 g/mol. The minimum absolute atomic E-state index is 0.112. The Kier molecular flexibility index (Phi) is 4.62. The zero-order valence-electron chi connectivity index (χ0n) is 12.4. The van der Waals surface area contributed by atoms with E-state index in [9.17, 15) is 4.79 Å². The van der Waals surface area contributed by atoms with E-state index >= 15 is 0 Å². The highest BCUT2D eigenvalue weighted by atomic mass is 35.5. The quantitative estimate of drug-likeness (QED) is 0.846. The van der Waals surface area contributed by atoms with Crippen molar-refractivity contribution in [2.24, 2.45) is 0 Å². The summed E-state index contributed by atoms with van der Waals surface area (Å²) in [6.45, 7) is 5.98. The number of hydrogen-bond acceptors (Lipinski definition) is 5. The Balaban J connectivity index is 2.01. The summed E-state index contributed by atoms with van der Waals surface area (Å²) in [5.41, 5.74) is 0. The van der Waals surface area contributed by atoms with E-state index < -0.39 is 6.04 Å². The molecule has 8 heteroatoms. The lowest BCUT2D eigenvalue weighted by molar-refractivity contribution is -0.134. The molecule has 21 heavy (non-hydrogen) atoms. The molecule has 0 aliphatic carbocycles. The van der Waals surface area contributed by atoms with Gasteiger partial charge < -0.3 is 9.42 Å². The molecule has 0 unspecified atom stereocenters. The maximum absolute atomic E-state index is 12.3. The van der Waals surface area contributed by atoms with Crippen molar-refractivity contribution in [3.8, 4) is 0 Å². The Morgan fingerprint density at radius 2 is 2.19 bits per heavy atom. The second-order valence-electron chi connectivity index (χ2n) is 5.21. The highest BCUT2D eigenvalue weighted by Gasteiger charge is 2.22. The average molecular weight is 312 g/mol. The predicted molar refractivity (Wildman–Crippen MR) is 76.8 cm³/mol. The summed E-state index contributed by atoms with van der Waals surface area (Å²) in [5, 5.41) is 8.41. The van der Waals surface area contributed by atoms with Crippen LogP contribution in [0, 0.1) is 0 Å². The topological polar surface area (TPSA) is 77.0 Å². The largest absolute Gasteiger partial charge is 0.337 e. The molecule has 1 atom stereocenters. The number of likely N-dealkylation sites (N-methyl/N-ethyl adjacent to an activating group) is 1. The van der Waals surface area contributed by atoms with Gasteiger partial charge in [0.05, 0.1) is 17.8 Å². The van der Waals surface area contributed by atoms with Crippen LogP contribution in [0.1, 0.15) is 44.4 Å². The third kappa shape index (κ3) is 3.60. The SMILES string of the molecule is CC(C)c1noc(CN(C)C(=O)[C@@H](C)n2cc(Cl)cn2)n1. The maximum atomic E-state index is 12.3. The second kappa shape index (κ2) is 6.26. The molecule has 2 aromatic heterocycles. The lowest BCUT2D eigenvalue weighted by Gasteiger charge is -2.19. The Hall–Kier alpha value is -1.89. The lowest BCUT2D eigenvalue weighted by Crippen LogP contribution is -2.33. The number of carbonyl (C=O) groups is 1. The molecule has 0 fully saturated rings. The van der Waals surface area contributed by atoms with Crippen LogP contribution in [0.4, 0.5) is 0 Å². The Morgan fingerprint density at radius 1 is 1.48 bits per heavy atom. The van der Waals surface area contributed by atoms with Crippen LogP contribution >= 0.6 is 11.6 Å². The zero-order chi connectivity index (χ0) is 15.6. The summed E-state index contributed by atoms with van der Waals surface area (Å²) in [7, 11) is 1.68. The van der Waals surface area contributed by atoms with Crippen LogP contribution in [0.5, 0.6) is 0 Å². The van der Waals surface area contributed by atoms with Crippen LogP contribution in [0.3, 0.4) is 0 Å². The zero-order valence-corrected chi connectivity index (χ0v) is 13.2. The van der Waals surface area contributed by atoms with Gasteiger partial charge in [-0.3, -0.25) is 9.48 Å². The summed E-state index contributed by atoms with van der Waals surface area (Å²) in [6, 6.07) is -0.449. The smallest absolute Gasteiger partial charge is 0.247 e. The fraction of sp³-hybridized carbons (Fsp3) is 0.538.